The van der Waals surface area contributed by atoms with Crippen molar-refractivity contribution in [1.29, 1.82) is 0 Å². The second-order valence-corrected chi connectivity index (χ2v) is 6.82. The van der Waals surface area contributed by atoms with Crippen LogP contribution in [-0.2, 0) is 14.8 Å². The summed E-state index contributed by atoms with van der Waals surface area (Å²) in [5.41, 5.74) is 0.979. The highest BCUT2D eigenvalue weighted by Crippen LogP contribution is 2.21. The molecule has 2 rings (SSSR count). The van der Waals surface area contributed by atoms with Gasteiger partial charge in [0.2, 0.25) is 10.0 Å². The van der Waals surface area contributed by atoms with E-state index in [1.54, 1.807) is 24.3 Å². The minimum atomic E-state index is -3.63. The summed E-state index contributed by atoms with van der Waals surface area (Å²) >= 11 is 0. The van der Waals surface area contributed by atoms with Crippen molar-refractivity contribution in [2.75, 3.05) is 26.3 Å². The standard InChI is InChI=1S/C13H19NO5S/c1-10-2-4-13(5-3-10)20(17,18)14-6-11(8-15)19-12(7-14)9-16/h2-5,11-12,15-16H,6-9H2,1H3/t11-,12-/m1/s1. The Morgan fingerprint density at radius 1 is 1.15 bits per heavy atom. The predicted molar refractivity (Wildman–Crippen MR) is 72.8 cm³/mol. The molecule has 0 bridgehead atoms. The fourth-order valence-corrected chi connectivity index (χ4v) is 3.65. The number of nitrogens with zero attached hydrogens (tertiary/aromatic N) is 1. The van der Waals surface area contributed by atoms with Crippen LogP contribution >= 0.6 is 0 Å². The summed E-state index contributed by atoms with van der Waals surface area (Å²) < 4.78 is 31.7. The number of hydrogen-bond acceptors (Lipinski definition) is 5. The number of sulfonamides is 1. The van der Waals surface area contributed by atoms with Gasteiger partial charge in [0.05, 0.1) is 30.3 Å². The fourth-order valence-electron chi connectivity index (χ4n) is 2.14. The van der Waals surface area contributed by atoms with Gasteiger partial charge in [-0.2, -0.15) is 4.31 Å². The van der Waals surface area contributed by atoms with Gasteiger partial charge < -0.3 is 14.9 Å². The normalized spacial score (nSPS) is 24.8. The van der Waals surface area contributed by atoms with E-state index in [9.17, 15) is 8.42 Å². The van der Waals surface area contributed by atoms with E-state index in [1.807, 2.05) is 6.92 Å². The number of aliphatic hydroxyl groups excluding tert-OH is 2. The van der Waals surface area contributed by atoms with E-state index in [-0.39, 0.29) is 31.2 Å². The molecule has 0 saturated carbocycles. The number of rotatable bonds is 4. The molecule has 0 unspecified atom stereocenters. The topological polar surface area (TPSA) is 87.1 Å². The van der Waals surface area contributed by atoms with Gasteiger partial charge in [-0.1, -0.05) is 17.7 Å². The lowest BCUT2D eigenvalue weighted by atomic mass is 10.2. The van der Waals surface area contributed by atoms with Crippen molar-refractivity contribution in [2.45, 2.75) is 24.0 Å². The molecule has 20 heavy (non-hydrogen) atoms. The largest absolute Gasteiger partial charge is 0.394 e. The average molecular weight is 301 g/mol. The Labute approximate surface area is 118 Å². The van der Waals surface area contributed by atoms with E-state index in [4.69, 9.17) is 14.9 Å². The highest BCUT2D eigenvalue weighted by Gasteiger charge is 2.34. The minimum absolute atomic E-state index is 0.0865. The summed E-state index contributed by atoms with van der Waals surface area (Å²) in [6.07, 6.45) is -1.22. The monoisotopic (exact) mass is 301 g/mol. The highest BCUT2D eigenvalue weighted by molar-refractivity contribution is 7.89. The van der Waals surface area contributed by atoms with Crippen molar-refractivity contribution in [3.63, 3.8) is 0 Å². The first-order chi connectivity index (χ1) is 9.47. The Bertz CT molecular complexity index is 530. The maximum absolute atomic E-state index is 12.5. The van der Waals surface area contributed by atoms with Crippen molar-refractivity contribution >= 4 is 10.0 Å². The highest BCUT2D eigenvalue weighted by atomic mass is 32.2. The zero-order valence-corrected chi connectivity index (χ0v) is 12.1. The molecule has 0 amide bonds. The van der Waals surface area contributed by atoms with Crippen LogP contribution in [0.15, 0.2) is 29.2 Å². The molecule has 1 aliphatic heterocycles. The third kappa shape index (κ3) is 3.18. The van der Waals surface area contributed by atoms with Crippen LogP contribution in [0.2, 0.25) is 0 Å². The maximum atomic E-state index is 12.5. The summed E-state index contributed by atoms with van der Waals surface area (Å²) in [5.74, 6) is 0. The maximum Gasteiger partial charge on any atom is 0.243 e. The number of morpholine rings is 1. The van der Waals surface area contributed by atoms with E-state index in [1.165, 1.54) is 4.31 Å². The number of aryl methyl sites for hydroxylation is 1. The first kappa shape index (κ1) is 15.4. The summed E-state index contributed by atoms with van der Waals surface area (Å²) in [4.78, 5) is 0.207. The van der Waals surface area contributed by atoms with Crippen LogP contribution in [0.3, 0.4) is 0 Å². The molecule has 1 fully saturated rings. The van der Waals surface area contributed by atoms with Gasteiger partial charge in [-0.3, -0.25) is 0 Å². The molecule has 0 spiro atoms. The van der Waals surface area contributed by atoms with Gasteiger partial charge in [0.1, 0.15) is 0 Å². The smallest absolute Gasteiger partial charge is 0.243 e. The molecule has 1 aromatic rings. The van der Waals surface area contributed by atoms with Gasteiger partial charge in [-0.05, 0) is 19.1 Å². The summed E-state index contributed by atoms with van der Waals surface area (Å²) in [6, 6.07) is 6.59. The predicted octanol–water partition coefficient (Wildman–Crippen LogP) is -0.262. The van der Waals surface area contributed by atoms with Crippen molar-refractivity contribution in [1.82, 2.24) is 4.31 Å². The molecule has 0 aliphatic carbocycles. The van der Waals surface area contributed by atoms with Gasteiger partial charge >= 0.3 is 0 Å². The molecule has 1 saturated heterocycles. The van der Waals surface area contributed by atoms with Crippen LogP contribution < -0.4 is 0 Å². The molecule has 112 valence electrons. The summed E-state index contributed by atoms with van der Waals surface area (Å²) in [5, 5.41) is 18.3. The van der Waals surface area contributed by atoms with Gasteiger partial charge in [-0.15, -0.1) is 0 Å². The Morgan fingerprint density at radius 2 is 1.65 bits per heavy atom. The lowest BCUT2D eigenvalue weighted by Crippen LogP contribution is -2.52. The van der Waals surface area contributed by atoms with Crippen LogP contribution in [-0.4, -0.2) is 61.4 Å². The lowest BCUT2D eigenvalue weighted by Gasteiger charge is -2.35. The van der Waals surface area contributed by atoms with Gasteiger partial charge in [0.25, 0.3) is 0 Å². The first-order valence-electron chi connectivity index (χ1n) is 6.41. The van der Waals surface area contributed by atoms with E-state index < -0.39 is 22.2 Å². The Hall–Kier alpha value is -0.990. The van der Waals surface area contributed by atoms with Crippen LogP contribution in [0.4, 0.5) is 0 Å². The first-order valence-corrected chi connectivity index (χ1v) is 7.85. The molecule has 1 heterocycles. The van der Waals surface area contributed by atoms with E-state index >= 15 is 0 Å². The zero-order valence-electron chi connectivity index (χ0n) is 11.3. The number of ether oxygens (including phenoxy) is 1. The molecular formula is C13H19NO5S. The number of hydrogen-bond donors (Lipinski definition) is 2. The van der Waals surface area contributed by atoms with Crippen molar-refractivity contribution in [3.8, 4) is 0 Å². The second kappa shape index (κ2) is 6.19. The molecule has 6 nitrogen and oxygen atoms in total. The van der Waals surface area contributed by atoms with E-state index in [0.29, 0.717) is 0 Å². The number of aliphatic hydroxyl groups is 2. The Kier molecular flexibility index (Phi) is 4.77. The van der Waals surface area contributed by atoms with Crippen LogP contribution in [0.1, 0.15) is 5.56 Å². The minimum Gasteiger partial charge on any atom is -0.394 e. The molecular weight excluding hydrogens is 282 g/mol. The zero-order chi connectivity index (χ0) is 14.8. The molecule has 1 aliphatic rings. The SMILES string of the molecule is Cc1ccc(S(=O)(=O)N2C[C@H](CO)O[C@@H](CO)C2)cc1. The molecule has 2 atom stereocenters. The fraction of sp³-hybridized carbons (Fsp3) is 0.538. The summed E-state index contributed by atoms with van der Waals surface area (Å²) in [6.45, 7) is 1.49. The number of benzene rings is 1. The second-order valence-electron chi connectivity index (χ2n) is 4.88. The van der Waals surface area contributed by atoms with Gasteiger partial charge in [0, 0.05) is 13.1 Å². The molecule has 0 aromatic heterocycles. The quantitative estimate of drug-likeness (QED) is 0.800. The molecule has 2 N–H and O–H groups in total. The molecule has 7 heteroatoms. The van der Waals surface area contributed by atoms with Crippen LogP contribution in [0, 0.1) is 6.92 Å². The van der Waals surface area contributed by atoms with Crippen molar-refractivity contribution in [3.05, 3.63) is 29.8 Å². The van der Waals surface area contributed by atoms with E-state index in [0.717, 1.165) is 5.56 Å². The Balaban J connectivity index is 2.25. The average Bonchev–Trinajstić information content (AvgIpc) is 2.47. The molecule has 0 radical (unpaired) electrons. The van der Waals surface area contributed by atoms with Crippen LogP contribution in [0.25, 0.3) is 0 Å². The Morgan fingerprint density at radius 3 is 2.10 bits per heavy atom. The van der Waals surface area contributed by atoms with Crippen molar-refractivity contribution < 1.29 is 23.4 Å². The molecule has 1 aromatic carbocycles. The van der Waals surface area contributed by atoms with E-state index in [2.05, 4.69) is 0 Å². The third-order valence-corrected chi connectivity index (χ3v) is 5.11. The van der Waals surface area contributed by atoms with Crippen LogP contribution in [0.5, 0.6) is 0 Å². The van der Waals surface area contributed by atoms with Crippen molar-refractivity contribution in [2.24, 2.45) is 0 Å². The van der Waals surface area contributed by atoms with Gasteiger partial charge in [0.15, 0.2) is 0 Å². The summed E-state index contributed by atoms with van der Waals surface area (Å²) in [7, 11) is -3.63. The third-order valence-electron chi connectivity index (χ3n) is 3.27. The van der Waals surface area contributed by atoms with Gasteiger partial charge in [-0.25, -0.2) is 8.42 Å². The lowest BCUT2D eigenvalue weighted by molar-refractivity contribution is -0.0996.